The van der Waals surface area contributed by atoms with Gasteiger partial charge >= 0.3 is 5.97 Å². The molecule has 1 amide bonds. The molecule has 0 saturated carbocycles. The number of pyridine rings is 1. The van der Waals surface area contributed by atoms with Gasteiger partial charge in [0.1, 0.15) is 11.3 Å². The van der Waals surface area contributed by atoms with Crippen molar-refractivity contribution in [3.05, 3.63) is 51.3 Å². The lowest BCUT2D eigenvalue weighted by Gasteiger charge is -2.39. The molecule has 0 bridgehead atoms. The molecule has 1 unspecified atom stereocenters. The molecule has 2 aromatic rings. The summed E-state index contributed by atoms with van der Waals surface area (Å²) < 4.78 is 7.14. The van der Waals surface area contributed by atoms with E-state index in [1.807, 2.05) is 25.3 Å². The highest BCUT2D eigenvalue weighted by Crippen LogP contribution is 2.44. The highest BCUT2D eigenvalue weighted by molar-refractivity contribution is 5.97. The average molecular weight is 370 g/mol. The van der Waals surface area contributed by atoms with Gasteiger partial charge in [-0.05, 0) is 29.5 Å². The summed E-state index contributed by atoms with van der Waals surface area (Å²) in [6.45, 7) is 6.14. The first-order valence-corrected chi connectivity index (χ1v) is 8.55. The van der Waals surface area contributed by atoms with Crippen LogP contribution in [0.15, 0.2) is 29.2 Å². The third kappa shape index (κ3) is 3.09. The first-order chi connectivity index (χ1) is 12.5. The van der Waals surface area contributed by atoms with Gasteiger partial charge in [-0.2, -0.15) is 0 Å². The Bertz CT molecular complexity index is 1010. The average Bonchev–Trinajstić information content (AvgIpc) is 2.58. The lowest BCUT2D eigenvalue weighted by atomic mass is 9.78. The van der Waals surface area contributed by atoms with Crippen LogP contribution in [0, 0.1) is 5.41 Å². The van der Waals surface area contributed by atoms with E-state index in [4.69, 9.17) is 10.5 Å². The number of fused-ring (bicyclic) bond motifs is 3. The first-order valence-electron chi connectivity index (χ1n) is 8.55. The molecule has 7 heteroatoms. The SMILES string of the molecule is COc1cc2c(cc1C(N)=O)CC(C(C)(C)C)n1cc(C(=O)O)c(=O)cc1-2. The number of carboxylic acids is 1. The van der Waals surface area contributed by atoms with Crippen molar-refractivity contribution in [2.45, 2.75) is 33.2 Å². The fourth-order valence-electron chi connectivity index (χ4n) is 3.61. The molecule has 1 atom stereocenters. The quantitative estimate of drug-likeness (QED) is 0.862. The van der Waals surface area contributed by atoms with E-state index >= 15 is 0 Å². The van der Waals surface area contributed by atoms with Gasteiger partial charge in [0, 0.05) is 23.9 Å². The fraction of sp³-hybridized carbons (Fsp3) is 0.350. The van der Waals surface area contributed by atoms with E-state index in [0.29, 0.717) is 17.9 Å². The van der Waals surface area contributed by atoms with Crippen LogP contribution < -0.4 is 15.9 Å². The predicted molar refractivity (Wildman–Crippen MR) is 100 cm³/mol. The van der Waals surface area contributed by atoms with E-state index in [0.717, 1.165) is 11.1 Å². The van der Waals surface area contributed by atoms with E-state index in [2.05, 4.69) is 0 Å². The van der Waals surface area contributed by atoms with Crippen LogP contribution in [0.1, 0.15) is 53.1 Å². The summed E-state index contributed by atoms with van der Waals surface area (Å²) in [5.74, 6) is -1.53. The number of hydrogen-bond donors (Lipinski definition) is 2. The molecule has 3 rings (SSSR count). The zero-order valence-corrected chi connectivity index (χ0v) is 15.7. The van der Waals surface area contributed by atoms with Crippen molar-refractivity contribution in [1.29, 1.82) is 0 Å². The van der Waals surface area contributed by atoms with Crippen molar-refractivity contribution in [3.8, 4) is 17.0 Å². The van der Waals surface area contributed by atoms with Crippen molar-refractivity contribution in [3.63, 3.8) is 0 Å². The van der Waals surface area contributed by atoms with E-state index in [-0.39, 0.29) is 22.6 Å². The number of rotatable bonds is 3. The maximum absolute atomic E-state index is 12.3. The van der Waals surface area contributed by atoms with E-state index in [1.54, 1.807) is 12.1 Å². The van der Waals surface area contributed by atoms with Gasteiger partial charge < -0.3 is 20.1 Å². The lowest BCUT2D eigenvalue weighted by molar-refractivity contribution is 0.0693. The summed E-state index contributed by atoms with van der Waals surface area (Å²) in [6.07, 6.45) is 1.98. The number of hydrogen-bond acceptors (Lipinski definition) is 4. The molecule has 1 aliphatic rings. The van der Waals surface area contributed by atoms with E-state index in [1.165, 1.54) is 19.4 Å². The highest BCUT2D eigenvalue weighted by Gasteiger charge is 2.34. The van der Waals surface area contributed by atoms with Crippen molar-refractivity contribution < 1.29 is 19.4 Å². The smallest absolute Gasteiger partial charge is 0.341 e. The largest absolute Gasteiger partial charge is 0.496 e. The van der Waals surface area contributed by atoms with E-state index in [9.17, 15) is 19.5 Å². The fourth-order valence-corrected chi connectivity index (χ4v) is 3.61. The predicted octanol–water partition coefficient (Wildman–Crippen LogP) is 2.46. The molecular weight excluding hydrogens is 348 g/mol. The Kier molecular flexibility index (Phi) is 4.34. The van der Waals surface area contributed by atoms with Gasteiger partial charge in [-0.15, -0.1) is 0 Å². The number of carbonyl (C=O) groups excluding carboxylic acids is 1. The highest BCUT2D eigenvalue weighted by atomic mass is 16.5. The number of methoxy groups -OCH3 is 1. The number of ether oxygens (including phenoxy) is 1. The normalized spacial score (nSPS) is 15.6. The minimum absolute atomic E-state index is 0.104. The van der Waals surface area contributed by atoms with Crippen LogP contribution >= 0.6 is 0 Å². The van der Waals surface area contributed by atoms with E-state index < -0.39 is 17.3 Å². The Balaban J connectivity index is 2.36. The molecule has 0 fully saturated rings. The Morgan fingerprint density at radius 2 is 1.89 bits per heavy atom. The van der Waals surface area contributed by atoms with Gasteiger partial charge in [0.05, 0.1) is 18.4 Å². The Morgan fingerprint density at radius 3 is 2.41 bits per heavy atom. The number of carboxylic acid groups (broad SMARTS) is 1. The summed E-state index contributed by atoms with van der Waals surface area (Å²) in [5, 5.41) is 9.35. The van der Waals surface area contributed by atoms with Gasteiger partial charge in [-0.1, -0.05) is 20.8 Å². The summed E-state index contributed by atoms with van der Waals surface area (Å²) in [5.41, 5.74) is 6.90. The Labute approximate surface area is 156 Å². The third-order valence-corrected chi connectivity index (χ3v) is 5.03. The second-order valence-electron chi connectivity index (χ2n) is 7.81. The van der Waals surface area contributed by atoms with Gasteiger partial charge in [0.25, 0.3) is 5.91 Å². The molecule has 1 aromatic carbocycles. The van der Waals surface area contributed by atoms with Crippen LogP contribution in [-0.4, -0.2) is 28.7 Å². The standard InChI is InChI=1S/C20H22N2O5/c1-20(2,3)17-6-10-5-12(18(21)24)16(27-4)7-11(10)14-8-15(23)13(19(25)26)9-22(14)17/h5,7-9,17H,6H2,1-4H3,(H2,21,24)(H,25,26). The number of nitrogens with zero attached hydrogens (tertiary/aromatic N) is 1. The Morgan fingerprint density at radius 1 is 1.22 bits per heavy atom. The topological polar surface area (TPSA) is 112 Å². The van der Waals surface area contributed by atoms with Crippen LogP contribution in [0.3, 0.4) is 0 Å². The number of benzene rings is 1. The van der Waals surface area contributed by atoms with Crippen LogP contribution in [0.4, 0.5) is 0 Å². The molecule has 2 heterocycles. The molecule has 3 N–H and O–H groups in total. The van der Waals surface area contributed by atoms with Crippen LogP contribution in [0.5, 0.6) is 5.75 Å². The third-order valence-electron chi connectivity index (χ3n) is 5.03. The molecule has 0 saturated heterocycles. The molecule has 1 aromatic heterocycles. The molecule has 27 heavy (non-hydrogen) atoms. The molecule has 0 spiro atoms. The number of carbonyl (C=O) groups is 2. The number of primary amides is 1. The van der Waals surface area contributed by atoms with Gasteiger partial charge in [0.2, 0.25) is 0 Å². The Hall–Kier alpha value is -3.09. The van der Waals surface area contributed by atoms with Crippen LogP contribution in [0.2, 0.25) is 0 Å². The van der Waals surface area contributed by atoms with Gasteiger partial charge in [0.15, 0.2) is 5.43 Å². The summed E-state index contributed by atoms with van der Waals surface area (Å²) in [4.78, 5) is 35.6. The van der Waals surface area contributed by atoms with Crippen molar-refractivity contribution in [2.24, 2.45) is 11.1 Å². The minimum Gasteiger partial charge on any atom is -0.496 e. The van der Waals surface area contributed by atoms with Gasteiger partial charge in [-0.25, -0.2) is 4.79 Å². The van der Waals surface area contributed by atoms with Crippen molar-refractivity contribution >= 4 is 11.9 Å². The van der Waals surface area contributed by atoms with Crippen LogP contribution in [0.25, 0.3) is 11.3 Å². The number of amides is 1. The molecule has 1 aliphatic heterocycles. The van der Waals surface area contributed by atoms with Crippen molar-refractivity contribution in [1.82, 2.24) is 4.57 Å². The molecule has 0 radical (unpaired) electrons. The van der Waals surface area contributed by atoms with Gasteiger partial charge in [-0.3, -0.25) is 9.59 Å². The maximum atomic E-state index is 12.3. The zero-order chi connectivity index (χ0) is 20.1. The van der Waals surface area contributed by atoms with Crippen LogP contribution in [-0.2, 0) is 6.42 Å². The maximum Gasteiger partial charge on any atom is 0.341 e. The molecule has 0 aliphatic carbocycles. The second kappa shape index (κ2) is 6.26. The monoisotopic (exact) mass is 370 g/mol. The second-order valence-corrected chi connectivity index (χ2v) is 7.81. The number of aromatic carboxylic acids is 1. The summed E-state index contributed by atoms with van der Waals surface area (Å²) in [7, 11) is 1.44. The molecule has 7 nitrogen and oxygen atoms in total. The molecule has 142 valence electrons. The van der Waals surface area contributed by atoms with Crippen molar-refractivity contribution in [2.75, 3.05) is 7.11 Å². The zero-order valence-electron chi connectivity index (χ0n) is 15.7. The lowest BCUT2D eigenvalue weighted by Crippen LogP contribution is -2.33. The number of aromatic nitrogens is 1. The number of nitrogens with two attached hydrogens (primary N) is 1. The summed E-state index contributed by atoms with van der Waals surface area (Å²) >= 11 is 0. The molecular formula is C20H22N2O5. The minimum atomic E-state index is -1.25. The first kappa shape index (κ1) is 18.7. The summed E-state index contributed by atoms with van der Waals surface area (Å²) in [6, 6.07) is 4.62.